The number of aryl methyl sites for hydroxylation is 1. The van der Waals surface area contributed by atoms with E-state index in [-0.39, 0.29) is 54.1 Å². The van der Waals surface area contributed by atoms with Crippen LogP contribution in [0.15, 0.2) is 42.0 Å². The van der Waals surface area contributed by atoms with Gasteiger partial charge < -0.3 is 10.4 Å². The Kier molecular flexibility index (Phi) is 7.90. The summed E-state index contributed by atoms with van der Waals surface area (Å²) in [5, 5.41) is 11.3. The number of ketones is 1. The molecule has 0 heterocycles. The highest BCUT2D eigenvalue weighted by molar-refractivity contribution is 6.13. The third-order valence-electron chi connectivity index (χ3n) is 5.62. The number of Topliss-reactive ketones (excluding diaryl/α,β-unsaturated/α-hetero) is 1. The Balaban J connectivity index is 1.79. The number of rotatable bonds is 7. The molecule has 0 saturated heterocycles. The monoisotopic (exact) mass is 513 g/mol. The van der Waals surface area contributed by atoms with Crippen LogP contribution < -0.4 is 5.32 Å². The number of fused-ring (bicyclic) bond motifs is 1. The van der Waals surface area contributed by atoms with Gasteiger partial charge in [-0.25, -0.2) is 0 Å². The van der Waals surface area contributed by atoms with Gasteiger partial charge in [0.25, 0.3) is 5.91 Å². The van der Waals surface area contributed by atoms with E-state index in [4.69, 9.17) is 5.11 Å². The number of alkyl halides is 6. The molecule has 0 aromatic heterocycles. The standard InChI is InChI=1S/C25H21F6NO4/c26-24(27,28)18-10-14(11-19(13-18)25(29,30)31)9-16-5-4-15-12-17(6-7-20(15)22(16)35)23(36)32-8-2-1-3-21(33)34/h6-7,9-13H,1-5,8H2,(H,32,36)(H,33,34)/b16-9+. The van der Waals surface area contributed by atoms with E-state index < -0.39 is 41.1 Å². The van der Waals surface area contributed by atoms with Crippen LogP contribution in [0.4, 0.5) is 26.3 Å². The first-order chi connectivity index (χ1) is 16.8. The SMILES string of the molecule is O=C(O)CCCCNC(=O)c1ccc2c(c1)CC/C(=C\c1cc(C(F)(F)F)cc(C(F)(F)F)c1)C2=O. The average Bonchev–Trinajstić information content (AvgIpc) is 2.79. The number of allylic oxidation sites excluding steroid dienone is 1. The van der Waals surface area contributed by atoms with Crippen LogP contribution in [-0.4, -0.2) is 29.3 Å². The van der Waals surface area contributed by atoms with Crippen molar-refractivity contribution in [2.24, 2.45) is 0 Å². The number of aliphatic carboxylic acids is 1. The molecule has 2 aromatic rings. The highest BCUT2D eigenvalue weighted by Gasteiger charge is 2.37. The number of nitrogens with one attached hydrogen (secondary N) is 1. The van der Waals surface area contributed by atoms with Crippen molar-refractivity contribution in [2.45, 2.75) is 44.5 Å². The Hall–Kier alpha value is -3.63. The third-order valence-corrected chi connectivity index (χ3v) is 5.62. The largest absolute Gasteiger partial charge is 0.481 e. The molecule has 2 N–H and O–H groups in total. The molecule has 0 bridgehead atoms. The second-order valence-corrected chi connectivity index (χ2v) is 8.32. The Bertz CT molecular complexity index is 1180. The summed E-state index contributed by atoms with van der Waals surface area (Å²) in [4.78, 5) is 35.7. The number of unbranched alkanes of at least 4 members (excludes halogenated alkanes) is 1. The fraction of sp³-hybridized carbons (Fsp3) is 0.320. The van der Waals surface area contributed by atoms with Gasteiger partial charge in [-0.2, -0.15) is 26.3 Å². The Labute approximate surface area is 201 Å². The molecular weight excluding hydrogens is 492 g/mol. The second kappa shape index (κ2) is 10.5. The van der Waals surface area contributed by atoms with E-state index in [0.29, 0.717) is 30.5 Å². The summed E-state index contributed by atoms with van der Waals surface area (Å²) < 4.78 is 78.8. The van der Waals surface area contributed by atoms with Crippen molar-refractivity contribution in [2.75, 3.05) is 6.54 Å². The smallest absolute Gasteiger partial charge is 0.416 e. The molecule has 11 heteroatoms. The first-order valence-corrected chi connectivity index (χ1v) is 10.9. The van der Waals surface area contributed by atoms with Crippen LogP contribution >= 0.6 is 0 Å². The van der Waals surface area contributed by atoms with E-state index in [1.807, 2.05) is 0 Å². The molecule has 0 radical (unpaired) electrons. The van der Waals surface area contributed by atoms with Crippen molar-refractivity contribution in [3.8, 4) is 0 Å². The third kappa shape index (κ3) is 6.73. The number of carbonyl (C=O) groups excluding carboxylic acids is 2. The van der Waals surface area contributed by atoms with Crippen molar-refractivity contribution < 1.29 is 45.8 Å². The first-order valence-electron chi connectivity index (χ1n) is 10.9. The van der Waals surface area contributed by atoms with Crippen molar-refractivity contribution in [1.82, 2.24) is 5.32 Å². The maximum atomic E-state index is 13.1. The van der Waals surface area contributed by atoms with Crippen LogP contribution in [0.25, 0.3) is 6.08 Å². The normalized spacial score (nSPS) is 15.1. The van der Waals surface area contributed by atoms with Gasteiger partial charge in [0.05, 0.1) is 11.1 Å². The van der Waals surface area contributed by atoms with Gasteiger partial charge in [0.1, 0.15) is 0 Å². The zero-order chi connectivity index (χ0) is 26.7. The van der Waals surface area contributed by atoms with Gasteiger partial charge in [-0.15, -0.1) is 0 Å². The van der Waals surface area contributed by atoms with Gasteiger partial charge in [0, 0.05) is 29.7 Å². The lowest BCUT2D eigenvalue weighted by atomic mass is 9.85. The number of carboxylic acids is 1. The zero-order valence-corrected chi connectivity index (χ0v) is 18.7. The lowest BCUT2D eigenvalue weighted by Crippen LogP contribution is -2.25. The molecule has 0 spiro atoms. The Morgan fingerprint density at radius 2 is 1.56 bits per heavy atom. The molecule has 2 aromatic carbocycles. The van der Waals surface area contributed by atoms with Crippen molar-refractivity contribution >= 4 is 23.7 Å². The fourth-order valence-electron chi connectivity index (χ4n) is 3.83. The molecule has 0 saturated carbocycles. The van der Waals surface area contributed by atoms with Crippen LogP contribution in [0.5, 0.6) is 0 Å². The first kappa shape index (κ1) is 27.0. The lowest BCUT2D eigenvalue weighted by molar-refractivity contribution is -0.143. The van der Waals surface area contributed by atoms with Gasteiger partial charge in [-0.1, -0.05) is 0 Å². The number of amides is 1. The molecule has 1 amide bonds. The van der Waals surface area contributed by atoms with E-state index in [1.165, 1.54) is 18.2 Å². The van der Waals surface area contributed by atoms with Gasteiger partial charge >= 0.3 is 18.3 Å². The number of carboxylic acid groups (broad SMARTS) is 1. The summed E-state index contributed by atoms with van der Waals surface area (Å²) in [6.45, 7) is 0.270. The van der Waals surface area contributed by atoms with Crippen molar-refractivity contribution in [1.29, 1.82) is 0 Å². The summed E-state index contributed by atoms with van der Waals surface area (Å²) >= 11 is 0. The molecule has 3 rings (SSSR count). The number of benzene rings is 2. The van der Waals surface area contributed by atoms with Crippen molar-refractivity contribution in [3.05, 3.63) is 75.4 Å². The molecule has 1 aliphatic carbocycles. The Morgan fingerprint density at radius 3 is 2.14 bits per heavy atom. The van der Waals surface area contributed by atoms with Crippen LogP contribution in [0.3, 0.4) is 0 Å². The fourth-order valence-corrected chi connectivity index (χ4v) is 3.83. The highest BCUT2D eigenvalue weighted by Crippen LogP contribution is 2.37. The summed E-state index contributed by atoms with van der Waals surface area (Å²) in [7, 11) is 0. The molecule has 0 atom stereocenters. The molecule has 5 nitrogen and oxygen atoms in total. The van der Waals surface area contributed by atoms with Crippen LogP contribution in [0, 0.1) is 0 Å². The summed E-state index contributed by atoms with van der Waals surface area (Å²) in [6.07, 6.45) is -7.75. The Morgan fingerprint density at radius 1 is 0.917 bits per heavy atom. The highest BCUT2D eigenvalue weighted by atomic mass is 19.4. The minimum Gasteiger partial charge on any atom is -0.481 e. The molecule has 36 heavy (non-hydrogen) atoms. The molecular formula is C25H21F6NO4. The quantitative estimate of drug-likeness (QED) is 0.274. The average molecular weight is 513 g/mol. The van der Waals surface area contributed by atoms with Gasteiger partial charge in [0.15, 0.2) is 5.78 Å². The number of hydrogen-bond donors (Lipinski definition) is 2. The van der Waals surface area contributed by atoms with E-state index in [2.05, 4.69) is 5.32 Å². The summed E-state index contributed by atoms with van der Waals surface area (Å²) in [5.41, 5.74) is -2.23. The maximum Gasteiger partial charge on any atom is 0.416 e. The van der Waals surface area contributed by atoms with Gasteiger partial charge in [-0.05, 0) is 79.3 Å². The van der Waals surface area contributed by atoms with E-state index >= 15 is 0 Å². The van der Waals surface area contributed by atoms with Crippen LogP contribution in [-0.2, 0) is 23.6 Å². The molecule has 1 aliphatic rings. The molecule has 192 valence electrons. The van der Waals surface area contributed by atoms with E-state index in [1.54, 1.807) is 0 Å². The summed E-state index contributed by atoms with van der Waals surface area (Å²) in [6, 6.07) is 5.47. The molecule has 0 aliphatic heterocycles. The van der Waals surface area contributed by atoms with Crippen LogP contribution in [0.2, 0.25) is 0 Å². The number of hydrogen-bond acceptors (Lipinski definition) is 3. The zero-order valence-electron chi connectivity index (χ0n) is 18.7. The molecule has 0 fully saturated rings. The predicted molar refractivity (Wildman–Crippen MR) is 117 cm³/mol. The lowest BCUT2D eigenvalue weighted by Gasteiger charge is -2.19. The van der Waals surface area contributed by atoms with Gasteiger partial charge in [-0.3, -0.25) is 14.4 Å². The van der Waals surface area contributed by atoms with E-state index in [9.17, 15) is 40.7 Å². The molecule has 0 unspecified atom stereocenters. The number of halogens is 6. The second-order valence-electron chi connectivity index (χ2n) is 8.32. The minimum atomic E-state index is -5.00. The predicted octanol–water partition coefficient (Wildman–Crippen LogP) is 5.92. The summed E-state index contributed by atoms with van der Waals surface area (Å²) in [5.74, 6) is -1.88. The number of carbonyl (C=O) groups is 3. The minimum absolute atomic E-state index is 0.00923. The van der Waals surface area contributed by atoms with E-state index in [0.717, 1.165) is 6.08 Å². The van der Waals surface area contributed by atoms with Crippen molar-refractivity contribution in [3.63, 3.8) is 0 Å². The topological polar surface area (TPSA) is 83.5 Å². The van der Waals surface area contributed by atoms with Crippen LogP contribution in [0.1, 0.15) is 68.7 Å². The van der Waals surface area contributed by atoms with Gasteiger partial charge in [0.2, 0.25) is 0 Å². The maximum absolute atomic E-state index is 13.1.